The lowest BCUT2D eigenvalue weighted by Crippen LogP contribution is -2.56. The minimum absolute atomic E-state index is 0.289. The number of nitrogens with two attached hydrogens (primary N) is 3. The highest BCUT2D eigenvalue weighted by Crippen LogP contribution is 2.04. The molecule has 0 heterocycles. The van der Waals surface area contributed by atoms with Gasteiger partial charge in [0.25, 0.3) is 0 Å². The zero-order chi connectivity index (χ0) is 24.0. The Bertz CT molecular complexity index is 635. The molecule has 0 aromatic carbocycles. The molecule has 0 fully saturated rings. The van der Waals surface area contributed by atoms with Gasteiger partial charge in [0, 0.05) is 0 Å². The van der Waals surface area contributed by atoms with E-state index in [0.717, 1.165) is 0 Å². The third-order valence-corrected chi connectivity index (χ3v) is 4.97. The Labute approximate surface area is 185 Å². The Morgan fingerprint density at radius 1 is 0.935 bits per heavy atom. The maximum atomic E-state index is 12.6. The molecular formula is C18H34N6O6S. The Morgan fingerprint density at radius 2 is 1.55 bits per heavy atom. The molecule has 0 aliphatic carbocycles. The van der Waals surface area contributed by atoms with E-state index in [4.69, 9.17) is 22.3 Å². The van der Waals surface area contributed by atoms with Crippen LogP contribution in [-0.2, 0) is 24.0 Å². The van der Waals surface area contributed by atoms with E-state index in [1.54, 1.807) is 11.8 Å². The zero-order valence-corrected chi connectivity index (χ0v) is 18.7. The van der Waals surface area contributed by atoms with Crippen LogP contribution < -0.4 is 33.2 Å². The number of amides is 4. The highest BCUT2D eigenvalue weighted by Gasteiger charge is 2.28. The first-order chi connectivity index (χ1) is 14.5. The number of carbonyl (C=O) groups excluding carboxylic acids is 4. The Kier molecular flexibility index (Phi) is 14.2. The fourth-order valence-electron chi connectivity index (χ4n) is 2.49. The third-order valence-electron chi connectivity index (χ3n) is 4.32. The molecule has 0 saturated heterocycles. The number of carboxylic acids is 1. The van der Waals surface area contributed by atoms with Gasteiger partial charge in [-0.05, 0) is 51.2 Å². The summed E-state index contributed by atoms with van der Waals surface area (Å²) in [5, 5.41) is 16.3. The average molecular weight is 463 g/mol. The van der Waals surface area contributed by atoms with E-state index in [-0.39, 0.29) is 6.42 Å². The SMILES string of the molecule is CSCCC(N)C(=O)NC(CCCCN)C(=O)NC(C)C(=O)NC(CC(N)=O)C(=O)O. The highest BCUT2D eigenvalue weighted by molar-refractivity contribution is 7.98. The standard InChI is InChI=1S/C18H34N6O6S/c1-10(15(26)24-13(18(29)30)9-14(21)25)22-17(28)12(5-3-4-7-19)23-16(27)11(20)6-8-31-2/h10-13H,3-9,19-20H2,1-2H3,(H2,21,25)(H,22,28)(H,23,27)(H,24,26)(H,29,30). The van der Waals surface area contributed by atoms with E-state index < -0.39 is 60.2 Å². The lowest BCUT2D eigenvalue weighted by molar-refractivity contribution is -0.143. The summed E-state index contributed by atoms with van der Waals surface area (Å²) >= 11 is 1.54. The number of thioether (sulfide) groups is 1. The molecule has 0 spiro atoms. The first kappa shape index (κ1) is 28.6. The van der Waals surface area contributed by atoms with Gasteiger partial charge in [0.05, 0.1) is 12.5 Å². The minimum Gasteiger partial charge on any atom is -0.480 e. The number of aliphatic carboxylic acids is 1. The highest BCUT2D eigenvalue weighted by atomic mass is 32.2. The van der Waals surface area contributed by atoms with Crippen molar-refractivity contribution in [2.24, 2.45) is 17.2 Å². The van der Waals surface area contributed by atoms with Crippen LogP contribution in [0.4, 0.5) is 0 Å². The smallest absolute Gasteiger partial charge is 0.326 e. The second-order valence-electron chi connectivity index (χ2n) is 7.03. The van der Waals surface area contributed by atoms with Crippen molar-refractivity contribution in [3.8, 4) is 0 Å². The summed E-state index contributed by atoms with van der Waals surface area (Å²) in [6.07, 6.45) is 3.24. The van der Waals surface area contributed by atoms with Crippen molar-refractivity contribution >= 4 is 41.4 Å². The van der Waals surface area contributed by atoms with E-state index in [1.165, 1.54) is 6.92 Å². The van der Waals surface area contributed by atoms with Gasteiger partial charge < -0.3 is 38.3 Å². The predicted octanol–water partition coefficient (Wildman–Crippen LogP) is -2.37. The van der Waals surface area contributed by atoms with Gasteiger partial charge in [-0.25, -0.2) is 4.79 Å². The number of primary amides is 1. The summed E-state index contributed by atoms with van der Waals surface area (Å²) in [7, 11) is 0. The van der Waals surface area contributed by atoms with Gasteiger partial charge in [-0.2, -0.15) is 11.8 Å². The average Bonchev–Trinajstić information content (AvgIpc) is 2.69. The van der Waals surface area contributed by atoms with Crippen LogP contribution in [0, 0.1) is 0 Å². The van der Waals surface area contributed by atoms with Crippen molar-refractivity contribution in [1.82, 2.24) is 16.0 Å². The van der Waals surface area contributed by atoms with Crippen molar-refractivity contribution in [3.05, 3.63) is 0 Å². The second-order valence-corrected chi connectivity index (χ2v) is 8.02. The lowest BCUT2D eigenvalue weighted by atomic mass is 10.1. The van der Waals surface area contributed by atoms with Crippen LogP contribution in [0.1, 0.15) is 39.0 Å². The topological polar surface area (TPSA) is 220 Å². The summed E-state index contributed by atoms with van der Waals surface area (Å²) in [5.41, 5.74) is 16.3. The molecule has 13 heteroatoms. The fraction of sp³-hybridized carbons (Fsp3) is 0.722. The molecule has 0 saturated carbocycles. The first-order valence-electron chi connectivity index (χ1n) is 9.90. The molecule has 4 atom stereocenters. The predicted molar refractivity (Wildman–Crippen MR) is 117 cm³/mol. The molecule has 0 aromatic heterocycles. The van der Waals surface area contributed by atoms with Crippen LogP contribution >= 0.6 is 11.8 Å². The summed E-state index contributed by atoms with van der Waals surface area (Å²) in [6.45, 7) is 1.77. The monoisotopic (exact) mass is 462 g/mol. The Balaban J connectivity index is 5.04. The van der Waals surface area contributed by atoms with E-state index in [0.29, 0.717) is 31.6 Å². The number of rotatable bonds is 16. The van der Waals surface area contributed by atoms with Crippen LogP contribution in [0.15, 0.2) is 0 Å². The lowest BCUT2D eigenvalue weighted by Gasteiger charge is -2.23. The van der Waals surface area contributed by atoms with Crippen molar-refractivity contribution in [3.63, 3.8) is 0 Å². The molecule has 0 aromatic rings. The molecule has 31 heavy (non-hydrogen) atoms. The van der Waals surface area contributed by atoms with Gasteiger partial charge in [-0.3, -0.25) is 19.2 Å². The van der Waals surface area contributed by atoms with Crippen LogP contribution in [-0.4, -0.2) is 77.4 Å². The molecule has 12 nitrogen and oxygen atoms in total. The van der Waals surface area contributed by atoms with Crippen LogP contribution in [0.5, 0.6) is 0 Å². The molecule has 4 amide bonds. The largest absolute Gasteiger partial charge is 0.480 e. The number of hydrogen-bond acceptors (Lipinski definition) is 8. The van der Waals surface area contributed by atoms with Crippen molar-refractivity contribution < 1.29 is 29.1 Å². The van der Waals surface area contributed by atoms with Crippen LogP contribution in [0.25, 0.3) is 0 Å². The molecule has 0 bridgehead atoms. The van der Waals surface area contributed by atoms with Crippen molar-refractivity contribution in [2.45, 2.75) is 63.2 Å². The quantitative estimate of drug-likeness (QED) is 0.122. The van der Waals surface area contributed by atoms with Gasteiger partial charge in [0.15, 0.2) is 0 Å². The number of carbonyl (C=O) groups is 5. The minimum atomic E-state index is -1.51. The second kappa shape index (κ2) is 15.4. The maximum absolute atomic E-state index is 12.6. The normalized spacial score (nSPS) is 14.6. The van der Waals surface area contributed by atoms with Crippen molar-refractivity contribution in [2.75, 3.05) is 18.6 Å². The van der Waals surface area contributed by atoms with Gasteiger partial charge in [-0.1, -0.05) is 0 Å². The Hall–Kier alpha value is -2.38. The molecule has 0 aliphatic rings. The van der Waals surface area contributed by atoms with Gasteiger partial charge in [-0.15, -0.1) is 0 Å². The number of hydrogen-bond donors (Lipinski definition) is 7. The van der Waals surface area contributed by atoms with E-state index in [2.05, 4.69) is 16.0 Å². The molecule has 0 aliphatic heterocycles. The Morgan fingerprint density at radius 3 is 2.06 bits per heavy atom. The van der Waals surface area contributed by atoms with Gasteiger partial charge in [0.2, 0.25) is 23.6 Å². The summed E-state index contributed by atoms with van der Waals surface area (Å²) in [5.74, 6) is -3.56. The van der Waals surface area contributed by atoms with E-state index in [9.17, 15) is 24.0 Å². The zero-order valence-electron chi connectivity index (χ0n) is 17.9. The maximum Gasteiger partial charge on any atom is 0.326 e. The molecule has 0 rings (SSSR count). The summed E-state index contributed by atoms with van der Waals surface area (Å²) in [6, 6.07) is -4.35. The van der Waals surface area contributed by atoms with Crippen LogP contribution in [0.2, 0.25) is 0 Å². The molecular weight excluding hydrogens is 428 g/mol. The van der Waals surface area contributed by atoms with E-state index in [1.807, 2.05) is 6.26 Å². The van der Waals surface area contributed by atoms with Crippen LogP contribution in [0.3, 0.4) is 0 Å². The molecule has 10 N–H and O–H groups in total. The summed E-state index contributed by atoms with van der Waals surface area (Å²) in [4.78, 5) is 59.3. The fourth-order valence-corrected chi connectivity index (χ4v) is 2.98. The number of nitrogens with one attached hydrogen (secondary N) is 3. The van der Waals surface area contributed by atoms with Gasteiger partial charge in [0.1, 0.15) is 18.1 Å². The molecule has 0 radical (unpaired) electrons. The number of carboxylic acid groups (broad SMARTS) is 1. The van der Waals surface area contributed by atoms with Gasteiger partial charge >= 0.3 is 5.97 Å². The third kappa shape index (κ3) is 12.2. The molecule has 178 valence electrons. The van der Waals surface area contributed by atoms with Crippen molar-refractivity contribution in [1.29, 1.82) is 0 Å². The number of unbranched alkanes of at least 4 members (excludes halogenated alkanes) is 1. The summed E-state index contributed by atoms with van der Waals surface area (Å²) < 4.78 is 0. The van der Waals surface area contributed by atoms with E-state index >= 15 is 0 Å². The first-order valence-corrected chi connectivity index (χ1v) is 11.3. The molecule has 4 unspecified atom stereocenters.